The Bertz CT molecular complexity index is 656. The van der Waals surface area contributed by atoms with E-state index in [1.54, 1.807) is 12.1 Å². The second-order valence-electron chi connectivity index (χ2n) is 4.88. The number of aryl methyl sites for hydroxylation is 1. The summed E-state index contributed by atoms with van der Waals surface area (Å²) in [5, 5.41) is 2.71. The van der Waals surface area contributed by atoms with Crippen LogP contribution in [0.25, 0.3) is 0 Å². The number of carbonyl (C=O) groups is 1. The fourth-order valence-electron chi connectivity index (χ4n) is 1.88. The largest absolute Gasteiger partial charge is 0.481 e. The van der Waals surface area contributed by atoms with Gasteiger partial charge in [0.1, 0.15) is 5.75 Å². The number of anilines is 1. The van der Waals surface area contributed by atoms with E-state index < -0.39 is 17.7 Å². The molecule has 22 heavy (non-hydrogen) atoms. The van der Waals surface area contributed by atoms with Crippen molar-refractivity contribution in [1.82, 2.24) is 0 Å². The molecular formula is C17H17F2NO2. The van der Waals surface area contributed by atoms with E-state index in [1.807, 2.05) is 19.1 Å². The molecule has 0 aliphatic heterocycles. The van der Waals surface area contributed by atoms with Gasteiger partial charge in [-0.1, -0.05) is 19.1 Å². The first kappa shape index (κ1) is 15.9. The van der Waals surface area contributed by atoms with Gasteiger partial charge in [0, 0.05) is 11.8 Å². The van der Waals surface area contributed by atoms with Gasteiger partial charge in [0.15, 0.2) is 17.7 Å². The Morgan fingerprint density at radius 2 is 1.82 bits per heavy atom. The molecule has 0 saturated carbocycles. The fraction of sp³-hybridized carbons (Fsp3) is 0.235. The molecule has 5 heteroatoms. The van der Waals surface area contributed by atoms with Crippen molar-refractivity contribution in [3.8, 4) is 5.75 Å². The molecule has 1 amide bonds. The maximum absolute atomic E-state index is 13.1. The maximum Gasteiger partial charge on any atom is 0.265 e. The third-order valence-corrected chi connectivity index (χ3v) is 3.20. The molecule has 1 atom stereocenters. The van der Waals surface area contributed by atoms with Crippen molar-refractivity contribution in [2.45, 2.75) is 26.4 Å². The molecule has 0 spiro atoms. The van der Waals surface area contributed by atoms with Crippen molar-refractivity contribution in [2.24, 2.45) is 0 Å². The van der Waals surface area contributed by atoms with Gasteiger partial charge in [0.05, 0.1) is 0 Å². The highest BCUT2D eigenvalue weighted by Crippen LogP contribution is 2.17. The number of rotatable bonds is 5. The average Bonchev–Trinajstić information content (AvgIpc) is 2.51. The molecule has 2 aromatic carbocycles. The molecule has 2 rings (SSSR count). The van der Waals surface area contributed by atoms with Crippen LogP contribution >= 0.6 is 0 Å². The highest BCUT2D eigenvalue weighted by atomic mass is 19.2. The number of nitrogens with one attached hydrogen (secondary N) is 1. The van der Waals surface area contributed by atoms with Crippen LogP contribution in [0.1, 0.15) is 19.4 Å². The van der Waals surface area contributed by atoms with Gasteiger partial charge in [-0.3, -0.25) is 4.79 Å². The molecule has 3 nitrogen and oxygen atoms in total. The van der Waals surface area contributed by atoms with Crippen LogP contribution in [0.2, 0.25) is 0 Å². The molecule has 0 saturated heterocycles. The van der Waals surface area contributed by atoms with E-state index in [0.717, 1.165) is 18.6 Å². The topological polar surface area (TPSA) is 38.3 Å². The second-order valence-corrected chi connectivity index (χ2v) is 4.88. The Balaban J connectivity index is 1.97. The number of amides is 1. The van der Waals surface area contributed by atoms with Gasteiger partial charge in [-0.05, 0) is 43.2 Å². The first-order chi connectivity index (χ1) is 10.5. The predicted octanol–water partition coefficient (Wildman–Crippen LogP) is 3.93. The summed E-state index contributed by atoms with van der Waals surface area (Å²) in [4.78, 5) is 12.0. The van der Waals surface area contributed by atoms with Crippen molar-refractivity contribution < 1.29 is 18.3 Å². The monoisotopic (exact) mass is 305 g/mol. The normalized spacial score (nSPS) is 11.8. The van der Waals surface area contributed by atoms with E-state index in [0.29, 0.717) is 5.69 Å². The lowest BCUT2D eigenvalue weighted by atomic mass is 10.1. The van der Waals surface area contributed by atoms with Gasteiger partial charge in [0.2, 0.25) is 0 Å². The molecule has 0 aromatic heterocycles. The highest BCUT2D eigenvalue weighted by Gasteiger charge is 2.15. The molecule has 0 bridgehead atoms. The van der Waals surface area contributed by atoms with Gasteiger partial charge in [-0.25, -0.2) is 8.78 Å². The number of ether oxygens (including phenoxy) is 1. The number of hydrogen-bond donors (Lipinski definition) is 1. The Kier molecular flexibility index (Phi) is 5.09. The first-order valence-corrected chi connectivity index (χ1v) is 7.01. The molecule has 1 unspecified atom stereocenters. The minimum Gasteiger partial charge on any atom is -0.481 e. The lowest BCUT2D eigenvalue weighted by Gasteiger charge is -2.15. The predicted molar refractivity (Wildman–Crippen MR) is 80.9 cm³/mol. The molecule has 0 heterocycles. The zero-order valence-electron chi connectivity index (χ0n) is 12.4. The third-order valence-electron chi connectivity index (χ3n) is 3.20. The Morgan fingerprint density at radius 3 is 2.41 bits per heavy atom. The van der Waals surface area contributed by atoms with Crippen LogP contribution in [-0.4, -0.2) is 12.0 Å². The van der Waals surface area contributed by atoms with E-state index in [1.165, 1.54) is 18.6 Å². The Labute approximate surface area is 127 Å². The summed E-state index contributed by atoms with van der Waals surface area (Å²) >= 11 is 0. The molecule has 0 aliphatic carbocycles. The van der Waals surface area contributed by atoms with Crippen molar-refractivity contribution in [1.29, 1.82) is 0 Å². The summed E-state index contributed by atoms with van der Waals surface area (Å²) in [5.74, 6) is -2.24. The van der Waals surface area contributed by atoms with Crippen LogP contribution in [0.3, 0.4) is 0 Å². The molecule has 2 aromatic rings. The average molecular weight is 305 g/mol. The second kappa shape index (κ2) is 7.02. The van der Waals surface area contributed by atoms with Crippen molar-refractivity contribution >= 4 is 11.6 Å². The smallest absolute Gasteiger partial charge is 0.265 e. The molecular weight excluding hydrogens is 288 g/mol. The number of hydrogen-bond acceptors (Lipinski definition) is 2. The van der Waals surface area contributed by atoms with E-state index in [9.17, 15) is 13.6 Å². The van der Waals surface area contributed by atoms with Crippen LogP contribution in [0.4, 0.5) is 14.5 Å². The summed E-state index contributed by atoms with van der Waals surface area (Å²) in [6, 6.07) is 10.6. The lowest BCUT2D eigenvalue weighted by Crippen LogP contribution is -2.30. The van der Waals surface area contributed by atoms with Gasteiger partial charge >= 0.3 is 0 Å². The van der Waals surface area contributed by atoms with Crippen LogP contribution in [-0.2, 0) is 11.2 Å². The van der Waals surface area contributed by atoms with Crippen LogP contribution in [0.5, 0.6) is 5.75 Å². The quantitative estimate of drug-likeness (QED) is 0.909. The third kappa shape index (κ3) is 4.04. The summed E-state index contributed by atoms with van der Waals surface area (Å²) in [6.45, 7) is 3.59. The molecule has 0 fully saturated rings. The standard InChI is InChI=1S/C17H17F2NO2/c1-3-12-4-6-13(7-5-12)20-17(21)11(2)22-14-8-9-15(18)16(19)10-14/h4-11H,3H2,1-2H3,(H,20,21). The number of carbonyl (C=O) groups excluding carboxylic acids is 1. The maximum atomic E-state index is 13.1. The van der Waals surface area contributed by atoms with Crippen LogP contribution < -0.4 is 10.1 Å². The lowest BCUT2D eigenvalue weighted by molar-refractivity contribution is -0.122. The Morgan fingerprint density at radius 1 is 1.14 bits per heavy atom. The van der Waals surface area contributed by atoms with Gasteiger partial charge in [-0.2, -0.15) is 0 Å². The first-order valence-electron chi connectivity index (χ1n) is 7.01. The van der Waals surface area contributed by atoms with Crippen molar-refractivity contribution in [3.63, 3.8) is 0 Å². The summed E-state index contributed by atoms with van der Waals surface area (Å²) in [7, 11) is 0. The fourth-order valence-corrected chi connectivity index (χ4v) is 1.88. The summed E-state index contributed by atoms with van der Waals surface area (Å²) in [6.07, 6.45) is 0.0832. The van der Waals surface area contributed by atoms with E-state index in [-0.39, 0.29) is 11.7 Å². The zero-order valence-corrected chi connectivity index (χ0v) is 12.4. The molecule has 0 radical (unpaired) electrons. The summed E-state index contributed by atoms with van der Waals surface area (Å²) < 4.78 is 31.2. The molecule has 1 N–H and O–H groups in total. The highest BCUT2D eigenvalue weighted by molar-refractivity contribution is 5.94. The van der Waals surface area contributed by atoms with Crippen molar-refractivity contribution in [2.75, 3.05) is 5.32 Å². The zero-order chi connectivity index (χ0) is 16.1. The van der Waals surface area contributed by atoms with E-state index in [4.69, 9.17) is 4.74 Å². The van der Waals surface area contributed by atoms with E-state index in [2.05, 4.69) is 5.32 Å². The number of halogens is 2. The minimum absolute atomic E-state index is 0.0999. The van der Waals surface area contributed by atoms with Crippen molar-refractivity contribution in [3.05, 3.63) is 59.7 Å². The minimum atomic E-state index is -1.01. The molecule has 0 aliphatic rings. The molecule has 116 valence electrons. The Hall–Kier alpha value is -2.43. The van der Waals surface area contributed by atoms with Crippen LogP contribution in [0, 0.1) is 11.6 Å². The van der Waals surface area contributed by atoms with Crippen LogP contribution in [0.15, 0.2) is 42.5 Å². The number of benzene rings is 2. The van der Waals surface area contributed by atoms with Gasteiger partial charge in [-0.15, -0.1) is 0 Å². The SMILES string of the molecule is CCc1ccc(NC(=O)C(C)Oc2ccc(F)c(F)c2)cc1. The van der Waals surface area contributed by atoms with Gasteiger partial charge < -0.3 is 10.1 Å². The summed E-state index contributed by atoms with van der Waals surface area (Å²) in [5.41, 5.74) is 1.83. The van der Waals surface area contributed by atoms with E-state index >= 15 is 0 Å². The van der Waals surface area contributed by atoms with Gasteiger partial charge in [0.25, 0.3) is 5.91 Å².